The van der Waals surface area contributed by atoms with Crippen LogP contribution in [0.1, 0.15) is 35.3 Å². The van der Waals surface area contributed by atoms with Gasteiger partial charge in [-0.3, -0.25) is 4.79 Å². The van der Waals surface area contributed by atoms with E-state index in [1.54, 1.807) is 26.2 Å². The van der Waals surface area contributed by atoms with E-state index in [0.717, 1.165) is 23.5 Å². The van der Waals surface area contributed by atoms with E-state index in [0.29, 0.717) is 12.2 Å². The Kier molecular flexibility index (Phi) is 4.99. The van der Waals surface area contributed by atoms with Gasteiger partial charge < -0.3 is 9.47 Å². The van der Waals surface area contributed by atoms with Crippen LogP contribution in [-0.4, -0.2) is 12.9 Å². The van der Waals surface area contributed by atoms with Crippen LogP contribution in [-0.2, 0) is 13.0 Å². The molecule has 0 aliphatic carbocycles. The van der Waals surface area contributed by atoms with Crippen LogP contribution >= 0.6 is 0 Å². The number of carbonyl (C=O) groups excluding carboxylic acids is 1. The van der Waals surface area contributed by atoms with Crippen molar-refractivity contribution >= 4 is 5.78 Å². The van der Waals surface area contributed by atoms with Gasteiger partial charge >= 0.3 is 0 Å². The van der Waals surface area contributed by atoms with Crippen LogP contribution in [0.3, 0.4) is 0 Å². The van der Waals surface area contributed by atoms with Gasteiger partial charge in [0.05, 0.1) is 7.11 Å². The minimum absolute atomic E-state index is 0.0351. The van der Waals surface area contributed by atoms with Crippen molar-refractivity contribution in [3.05, 3.63) is 59.2 Å². The topological polar surface area (TPSA) is 35.5 Å². The van der Waals surface area contributed by atoms with Crippen molar-refractivity contribution in [1.29, 1.82) is 0 Å². The molecule has 0 unspecified atom stereocenters. The zero-order valence-electron chi connectivity index (χ0n) is 12.7. The maximum Gasteiger partial charge on any atom is 0.159 e. The normalized spacial score (nSPS) is 10.2. The maximum atomic E-state index is 11.5. The molecule has 0 aromatic heterocycles. The van der Waals surface area contributed by atoms with Crippen molar-refractivity contribution in [2.75, 3.05) is 7.11 Å². The minimum atomic E-state index is 0.0351. The van der Waals surface area contributed by atoms with Crippen molar-refractivity contribution in [3.63, 3.8) is 0 Å². The molecule has 0 radical (unpaired) electrons. The SMILES string of the molecule is CCc1ccccc1OCc1cc(C(C)=O)ccc1OC. The standard InChI is InChI=1S/C18H20O3/c1-4-14-7-5-6-8-18(14)21-12-16-11-15(13(2)19)9-10-17(16)20-3/h5-11H,4,12H2,1-3H3. The molecule has 0 N–H and O–H groups in total. The third-order valence-electron chi connectivity index (χ3n) is 3.42. The molecule has 3 nitrogen and oxygen atoms in total. The summed E-state index contributed by atoms with van der Waals surface area (Å²) in [4.78, 5) is 11.5. The maximum absolute atomic E-state index is 11.5. The summed E-state index contributed by atoms with van der Waals surface area (Å²) in [6.45, 7) is 4.03. The molecule has 3 heteroatoms. The molecule has 0 heterocycles. The highest BCUT2D eigenvalue weighted by atomic mass is 16.5. The number of para-hydroxylation sites is 1. The Labute approximate surface area is 125 Å². The second-order valence-corrected chi connectivity index (χ2v) is 4.83. The second-order valence-electron chi connectivity index (χ2n) is 4.83. The quantitative estimate of drug-likeness (QED) is 0.751. The number of ketones is 1. The summed E-state index contributed by atoms with van der Waals surface area (Å²) in [5.41, 5.74) is 2.70. The van der Waals surface area contributed by atoms with Crippen LogP contribution in [0.15, 0.2) is 42.5 Å². The Balaban J connectivity index is 2.22. The number of rotatable bonds is 6. The number of Topliss-reactive ketones (excluding diaryl/α,β-unsaturated/α-hetero) is 1. The number of aryl methyl sites for hydroxylation is 1. The molecule has 0 amide bonds. The first kappa shape index (κ1) is 15.1. The van der Waals surface area contributed by atoms with Crippen LogP contribution in [0, 0.1) is 0 Å². The van der Waals surface area contributed by atoms with Gasteiger partial charge in [0.25, 0.3) is 0 Å². The molecule has 0 aliphatic heterocycles. The van der Waals surface area contributed by atoms with Gasteiger partial charge in [0.2, 0.25) is 0 Å². The van der Waals surface area contributed by atoms with E-state index in [-0.39, 0.29) is 5.78 Å². The van der Waals surface area contributed by atoms with E-state index in [4.69, 9.17) is 9.47 Å². The van der Waals surface area contributed by atoms with Crippen LogP contribution in [0.25, 0.3) is 0 Å². The minimum Gasteiger partial charge on any atom is -0.496 e. The molecule has 110 valence electrons. The fraction of sp³-hybridized carbons (Fsp3) is 0.278. The van der Waals surface area contributed by atoms with Gasteiger partial charge in [0.15, 0.2) is 5.78 Å². The summed E-state index contributed by atoms with van der Waals surface area (Å²) >= 11 is 0. The van der Waals surface area contributed by atoms with E-state index >= 15 is 0 Å². The van der Waals surface area contributed by atoms with Gasteiger partial charge in [-0.15, -0.1) is 0 Å². The molecule has 0 atom stereocenters. The molecular formula is C18H20O3. The molecule has 2 rings (SSSR count). The highest BCUT2D eigenvalue weighted by molar-refractivity contribution is 5.94. The number of hydrogen-bond acceptors (Lipinski definition) is 3. The number of ether oxygens (including phenoxy) is 2. The predicted molar refractivity (Wildman–Crippen MR) is 83.2 cm³/mol. The van der Waals surface area contributed by atoms with Crippen LogP contribution < -0.4 is 9.47 Å². The second kappa shape index (κ2) is 6.93. The largest absolute Gasteiger partial charge is 0.496 e. The lowest BCUT2D eigenvalue weighted by atomic mass is 10.1. The Bertz CT molecular complexity index is 632. The van der Waals surface area contributed by atoms with Gasteiger partial charge in [0.1, 0.15) is 18.1 Å². The number of methoxy groups -OCH3 is 1. The Hall–Kier alpha value is -2.29. The number of hydrogen-bond donors (Lipinski definition) is 0. The molecule has 0 spiro atoms. The zero-order valence-corrected chi connectivity index (χ0v) is 12.7. The number of benzene rings is 2. The average Bonchev–Trinajstić information content (AvgIpc) is 2.52. The molecule has 0 saturated carbocycles. The van der Waals surface area contributed by atoms with Crippen LogP contribution in [0.2, 0.25) is 0 Å². The molecule has 0 aliphatic rings. The summed E-state index contributed by atoms with van der Waals surface area (Å²) in [7, 11) is 1.62. The van der Waals surface area contributed by atoms with Crippen molar-refractivity contribution in [3.8, 4) is 11.5 Å². The molecule has 0 bridgehead atoms. The van der Waals surface area contributed by atoms with Crippen molar-refractivity contribution in [1.82, 2.24) is 0 Å². The number of carbonyl (C=O) groups is 1. The van der Waals surface area contributed by atoms with E-state index in [1.165, 1.54) is 5.56 Å². The summed E-state index contributed by atoms with van der Waals surface area (Å²) in [5.74, 6) is 1.64. The van der Waals surface area contributed by atoms with Crippen molar-refractivity contribution < 1.29 is 14.3 Å². The van der Waals surface area contributed by atoms with Gasteiger partial charge in [-0.05, 0) is 43.2 Å². The highest BCUT2D eigenvalue weighted by Gasteiger charge is 2.09. The van der Waals surface area contributed by atoms with E-state index in [1.807, 2.05) is 24.3 Å². The lowest BCUT2D eigenvalue weighted by Gasteiger charge is -2.13. The van der Waals surface area contributed by atoms with Gasteiger partial charge in [-0.1, -0.05) is 25.1 Å². The summed E-state index contributed by atoms with van der Waals surface area (Å²) < 4.78 is 11.2. The fourth-order valence-corrected chi connectivity index (χ4v) is 2.20. The molecule has 0 saturated heterocycles. The average molecular weight is 284 g/mol. The summed E-state index contributed by atoms with van der Waals surface area (Å²) in [5, 5.41) is 0. The van der Waals surface area contributed by atoms with E-state index in [9.17, 15) is 4.79 Å². The smallest absolute Gasteiger partial charge is 0.159 e. The lowest BCUT2D eigenvalue weighted by Crippen LogP contribution is -2.03. The molecule has 0 fully saturated rings. The van der Waals surface area contributed by atoms with Gasteiger partial charge in [0, 0.05) is 11.1 Å². The Morgan fingerprint density at radius 1 is 1.05 bits per heavy atom. The monoisotopic (exact) mass is 284 g/mol. The van der Waals surface area contributed by atoms with Gasteiger partial charge in [-0.25, -0.2) is 0 Å². The first-order valence-corrected chi connectivity index (χ1v) is 7.04. The van der Waals surface area contributed by atoms with E-state index in [2.05, 4.69) is 13.0 Å². The lowest BCUT2D eigenvalue weighted by molar-refractivity contribution is 0.101. The first-order valence-electron chi connectivity index (χ1n) is 7.04. The highest BCUT2D eigenvalue weighted by Crippen LogP contribution is 2.24. The summed E-state index contributed by atoms with van der Waals surface area (Å²) in [6.07, 6.45) is 0.917. The molecular weight excluding hydrogens is 264 g/mol. The van der Waals surface area contributed by atoms with Gasteiger partial charge in [-0.2, -0.15) is 0 Å². The van der Waals surface area contributed by atoms with Crippen molar-refractivity contribution in [2.24, 2.45) is 0 Å². The third-order valence-corrected chi connectivity index (χ3v) is 3.42. The fourth-order valence-electron chi connectivity index (χ4n) is 2.20. The predicted octanol–water partition coefficient (Wildman–Crippen LogP) is 4.04. The van der Waals surface area contributed by atoms with E-state index < -0.39 is 0 Å². The zero-order chi connectivity index (χ0) is 15.2. The van der Waals surface area contributed by atoms with Crippen molar-refractivity contribution in [2.45, 2.75) is 26.9 Å². The van der Waals surface area contributed by atoms with Crippen LogP contribution in [0.5, 0.6) is 11.5 Å². The molecule has 2 aromatic rings. The first-order chi connectivity index (χ1) is 10.2. The third kappa shape index (κ3) is 3.63. The Morgan fingerprint density at radius 2 is 1.81 bits per heavy atom. The Morgan fingerprint density at radius 3 is 2.48 bits per heavy atom. The summed E-state index contributed by atoms with van der Waals surface area (Å²) in [6, 6.07) is 13.4. The molecule has 2 aromatic carbocycles. The van der Waals surface area contributed by atoms with Crippen LogP contribution in [0.4, 0.5) is 0 Å². The molecule has 21 heavy (non-hydrogen) atoms.